The van der Waals surface area contributed by atoms with Crippen LogP contribution in [0, 0.1) is 11.3 Å². The molecule has 0 radical (unpaired) electrons. The molecule has 3 rings (SSSR count). The third-order valence-corrected chi connectivity index (χ3v) is 5.92. The molecule has 0 fully saturated rings. The van der Waals surface area contributed by atoms with E-state index in [4.69, 9.17) is 14.7 Å². The predicted octanol–water partition coefficient (Wildman–Crippen LogP) is 1.71. The molecule has 8 nitrogen and oxygen atoms in total. The Morgan fingerprint density at radius 1 is 1.18 bits per heavy atom. The fourth-order valence-corrected chi connectivity index (χ4v) is 4.21. The van der Waals surface area contributed by atoms with E-state index in [0.717, 1.165) is 0 Å². The number of sulfonamides is 1. The fourth-order valence-electron chi connectivity index (χ4n) is 2.66. The molecular formula is C19H16N2O6S. The first-order valence-electron chi connectivity index (χ1n) is 8.34. The van der Waals surface area contributed by atoms with Gasteiger partial charge in [-0.1, -0.05) is 12.1 Å². The van der Waals surface area contributed by atoms with Gasteiger partial charge in [0.1, 0.15) is 17.3 Å². The average molecular weight is 400 g/mol. The predicted molar refractivity (Wildman–Crippen MR) is 96.9 cm³/mol. The lowest BCUT2D eigenvalue weighted by molar-refractivity contribution is -0.151. The Labute approximate surface area is 162 Å². The number of nitrogens with zero attached hydrogens (tertiary/aromatic N) is 2. The first kappa shape index (κ1) is 19.4. The van der Waals surface area contributed by atoms with Crippen LogP contribution >= 0.6 is 0 Å². The van der Waals surface area contributed by atoms with Crippen molar-refractivity contribution in [2.45, 2.75) is 17.9 Å². The molecule has 1 amide bonds. The lowest BCUT2D eigenvalue weighted by Crippen LogP contribution is -2.35. The zero-order valence-corrected chi connectivity index (χ0v) is 15.7. The van der Waals surface area contributed by atoms with E-state index in [1.807, 2.05) is 6.07 Å². The van der Waals surface area contributed by atoms with Crippen molar-refractivity contribution in [1.29, 1.82) is 5.26 Å². The summed E-state index contributed by atoms with van der Waals surface area (Å²) in [7, 11) is -3.93. The molecule has 1 heterocycles. The normalized spacial score (nSPS) is 15.4. The number of esters is 1. The number of hydrogen-bond acceptors (Lipinski definition) is 7. The van der Waals surface area contributed by atoms with Crippen LogP contribution in [0.25, 0.3) is 0 Å². The van der Waals surface area contributed by atoms with Gasteiger partial charge in [-0.15, -0.1) is 0 Å². The Morgan fingerprint density at radius 3 is 2.50 bits per heavy atom. The van der Waals surface area contributed by atoms with Crippen LogP contribution in [-0.4, -0.2) is 43.9 Å². The molecule has 0 saturated carbocycles. The molecule has 0 bridgehead atoms. The number of nitriles is 1. The Kier molecular flexibility index (Phi) is 5.33. The van der Waals surface area contributed by atoms with Crippen LogP contribution in [0.15, 0.2) is 53.4 Å². The second kappa shape index (κ2) is 7.70. The molecular weight excluding hydrogens is 384 g/mol. The van der Waals surface area contributed by atoms with Crippen molar-refractivity contribution >= 4 is 21.9 Å². The maximum atomic E-state index is 12.4. The third-order valence-electron chi connectivity index (χ3n) is 4.08. The molecule has 1 atom stereocenters. The van der Waals surface area contributed by atoms with Crippen LogP contribution in [0.3, 0.4) is 0 Å². The molecule has 9 heteroatoms. The largest absolute Gasteiger partial charge is 0.479 e. The van der Waals surface area contributed by atoms with Gasteiger partial charge in [-0.3, -0.25) is 4.79 Å². The van der Waals surface area contributed by atoms with Gasteiger partial charge in [-0.05, 0) is 43.3 Å². The van der Waals surface area contributed by atoms with E-state index in [0.29, 0.717) is 15.6 Å². The molecule has 1 aliphatic rings. The molecule has 1 aliphatic heterocycles. The maximum Gasteiger partial charge on any atom is 0.347 e. The number of carbonyl (C=O) groups is 2. The standard InChI is InChI=1S/C19H16N2O6S/c1-13(27-15-8-6-14(12-20)7-9-15)19(23)26-11-10-21-18(22)16-4-2-3-5-17(16)28(21,24)25/h2-9,13H,10-11H2,1H3/t13-/m1/s1. The van der Waals surface area contributed by atoms with E-state index >= 15 is 0 Å². The van der Waals surface area contributed by atoms with Crippen molar-refractivity contribution in [3.05, 3.63) is 59.7 Å². The van der Waals surface area contributed by atoms with Gasteiger partial charge in [0.15, 0.2) is 6.10 Å². The van der Waals surface area contributed by atoms with Gasteiger partial charge >= 0.3 is 5.97 Å². The number of ether oxygens (including phenoxy) is 2. The summed E-state index contributed by atoms with van der Waals surface area (Å²) in [6.45, 7) is 0.901. The van der Waals surface area contributed by atoms with Crippen molar-refractivity contribution in [3.63, 3.8) is 0 Å². The Morgan fingerprint density at radius 2 is 1.86 bits per heavy atom. The summed E-state index contributed by atoms with van der Waals surface area (Å²) in [5.41, 5.74) is 0.561. The summed E-state index contributed by atoms with van der Waals surface area (Å²) < 4.78 is 36.0. The quantitative estimate of drug-likeness (QED) is 0.678. The van der Waals surface area contributed by atoms with Crippen LogP contribution in [0.2, 0.25) is 0 Å². The Bertz CT molecular complexity index is 1060. The van der Waals surface area contributed by atoms with E-state index in [2.05, 4.69) is 0 Å². The smallest absolute Gasteiger partial charge is 0.347 e. The molecule has 144 valence electrons. The lowest BCUT2D eigenvalue weighted by atomic mass is 10.2. The van der Waals surface area contributed by atoms with Gasteiger partial charge < -0.3 is 9.47 Å². The lowest BCUT2D eigenvalue weighted by Gasteiger charge is -2.17. The number of carbonyl (C=O) groups excluding carboxylic acids is 2. The first-order chi connectivity index (χ1) is 13.3. The van der Waals surface area contributed by atoms with Gasteiger partial charge in [-0.2, -0.15) is 5.26 Å². The third kappa shape index (κ3) is 3.68. The van der Waals surface area contributed by atoms with Crippen molar-refractivity contribution in [2.75, 3.05) is 13.2 Å². The highest BCUT2D eigenvalue weighted by Crippen LogP contribution is 2.29. The molecule has 0 saturated heterocycles. The van der Waals surface area contributed by atoms with Gasteiger partial charge in [0.2, 0.25) is 0 Å². The summed E-state index contributed by atoms with van der Waals surface area (Å²) in [6, 6.07) is 14.1. The van der Waals surface area contributed by atoms with Crippen LogP contribution in [0.5, 0.6) is 5.75 Å². The van der Waals surface area contributed by atoms with E-state index in [-0.39, 0.29) is 23.6 Å². The summed E-state index contributed by atoms with van der Waals surface area (Å²) in [5.74, 6) is -0.962. The SMILES string of the molecule is C[C@@H](Oc1ccc(C#N)cc1)C(=O)OCCN1C(=O)c2ccccc2S1(=O)=O. The van der Waals surface area contributed by atoms with E-state index in [1.54, 1.807) is 30.3 Å². The second-order valence-electron chi connectivity index (χ2n) is 5.94. The average Bonchev–Trinajstić information content (AvgIpc) is 2.89. The van der Waals surface area contributed by atoms with E-state index < -0.39 is 28.0 Å². The summed E-state index contributed by atoms with van der Waals surface area (Å²) in [4.78, 5) is 24.3. The second-order valence-corrected chi connectivity index (χ2v) is 7.77. The van der Waals surface area contributed by atoms with Crippen LogP contribution < -0.4 is 4.74 Å². The van der Waals surface area contributed by atoms with Gasteiger partial charge in [0.25, 0.3) is 15.9 Å². The van der Waals surface area contributed by atoms with Crippen LogP contribution in [0.4, 0.5) is 0 Å². The number of amides is 1. The van der Waals surface area contributed by atoms with Crippen molar-refractivity contribution in [2.24, 2.45) is 0 Å². The van der Waals surface area contributed by atoms with Crippen LogP contribution in [0.1, 0.15) is 22.8 Å². The molecule has 2 aromatic carbocycles. The number of benzene rings is 2. The van der Waals surface area contributed by atoms with Gasteiger partial charge in [0, 0.05) is 0 Å². The molecule has 28 heavy (non-hydrogen) atoms. The number of hydrogen-bond donors (Lipinski definition) is 0. The summed E-state index contributed by atoms with van der Waals surface area (Å²) >= 11 is 0. The molecule has 0 aromatic heterocycles. The highest BCUT2D eigenvalue weighted by molar-refractivity contribution is 7.90. The van der Waals surface area contributed by atoms with Crippen LogP contribution in [-0.2, 0) is 19.6 Å². The monoisotopic (exact) mass is 400 g/mol. The minimum Gasteiger partial charge on any atom is -0.479 e. The highest BCUT2D eigenvalue weighted by Gasteiger charge is 2.40. The summed E-state index contributed by atoms with van der Waals surface area (Å²) in [6.07, 6.45) is -0.948. The first-order valence-corrected chi connectivity index (χ1v) is 9.78. The van der Waals surface area contributed by atoms with Gasteiger partial charge in [0.05, 0.1) is 23.7 Å². The molecule has 2 aromatic rings. The molecule has 0 spiro atoms. The topological polar surface area (TPSA) is 114 Å². The summed E-state index contributed by atoms with van der Waals surface area (Å²) in [5, 5.41) is 8.76. The fraction of sp³-hybridized carbons (Fsp3) is 0.211. The zero-order chi connectivity index (χ0) is 20.3. The Balaban J connectivity index is 1.55. The van der Waals surface area contributed by atoms with Crippen molar-refractivity contribution in [3.8, 4) is 11.8 Å². The van der Waals surface area contributed by atoms with Gasteiger partial charge in [-0.25, -0.2) is 17.5 Å². The minimum atomic E-state index is -3.93. The maximum absolute atomic E-state index is 12.4. The van der Waals surface area contributed by atoms with Crippen molar-refractivity contribution < 1.29 is 27.5 Å². The van der Waals surface area contributed by atoms with Crippen molar-refractivity contribution in [1.82, 2.24) is 4.31 Å². The zero-order valence-electron chi connectivity index (χ0n) is 14.9. The minimum absolute atomic E-state index is 0.0520. The van der Waals surface area contributed by atoms with E-state index in [9.17, 15) is 18.0 Å². The highest BCUT2D eigenvalue weighted by atomic mass is 32.2. The number of rotatable bonds is 6. The molecule has 0 unspecified atom stereocenters. The van der Waals surface area contributed by atoms with E-state index in [1.165, 1.54) is 25.1 Å². The Hall–Kier alpha value is -3.38. The molecule has 0 N–H and O–H groups in total. The molecule has 0 aliphatic carbocycles. The number of fused-ring (bicyclic) bond motifs is 1.